The van der Waals surface area contributed by atoms with Crippen LogP contribution in [0.2, 0.25) is 0 Å². The van der Waals surface area contributed by atoms with Gasteiger partial charge >= 0.3 is 0 Å². The zero-order chi connectivity index (χ0) is 14.8. The van der Waals surface area contributed by atoms with Gasteiger partial charge in [-0.25, -0.2) is 4.39 Å². The highest BCUT2D eigenvalue weighted by atomic mass is 79.9. The molecular formula is C16H22BrFN2O. The lowest BCUT2D eigenvalue weighted by molar-refractivity contribution is 0.120. The molecular weight excluding hydrogens is 335 g/mol. The summed E-state index contributed by atoms with van der Waals surface area (Å²) in [4.78, 5) is 2.34. The van der Waals surface area contributed by atoms with E-state index < -0.39 is 0 Å². The molecule has 1 saturated carbocycles. The highest BCUT2D eigenvalue weighted by molar-refractivity contribution is 9.10. The Morgan fingerprint density at radius 3 is 2.57 bits per heavy atom. The number of hydrogen-bond acceptors (Lipinski definition) is 3. The quantitative estimate of drug-likeness (QED) is 0.870. The number of aromatic hydroxyl groups is 1. The summed E-state index contributed by atoms with van der Waals surface area (Å²) in [5, 5.41) is 13.8. The van der Waals surface area contributed by atoms with Gasteiger partial charge in [-0.3, -0.25) is 4.90 Å². The van der Waals surface area contributed by atoms with Gasteiger partial charge in [0.1, 0.15) is 11.6 Å². The highest BCUT2D eigenvalue weighted by Gasteiger charge is 2.35. The van der Waals surface area contributed by atoms with Gasteiger partial charge in [-0.05, 0) is 46.8 Å². The Balaban J connectivity index is 1.99. The number of halogens is 2. The molecule has 21 heavy (non-hydrogen) atoms. The van der Waals surface area contributed by atoms with Gasteiger partial charge in [0.2, 0.25) is 0 Å². The molecule has 2 N–H and O–H groups in total. The largest absolute Gasteiger partial charge is 0.506 e. The fraction of sp³-hybridized carbons (Fsp3) is 0.625. The number of benzene rings is 1. The second-order valence-corrected chi connectivity index (χ2v) is 6.92. The summed E-state index contributed by atoms with van der Waals surface area (Å²) in [5.74, 6) is 0.231. The molecule has 1 heterocycles. The fourth-order valence-corrected chi connectivity index (χ4v) is 4.13. The van der Waals surface area contributed by atoms with Gasteiger partial charge in [-0.1, -0.05) is 12.8 Å². The standard InChI is InChI=1S/C16H22BrFN2O/c17-12-5-6-13(18)14(16(12)21)15(11-3-1-2-4-11)20-9-7-19-8-10-20/h5-6,11,15,19,21H,1-4,7-10H2/t15-/m0/s1. The Labute approximate surface area is 133 Å². The predicted molar refractivity (Wildman–Crippen MR) is 84.9 cm³/mol. The van der Waals surface area contributed by atoms with Crippen molar-refractivity contribution in [2.24, 2.45) is 5.92 Å². The predicted octanol–water partition coefficient (Wildman–Crippen LogP) is 3.43. The molecule has 0 radical (unpaired) electrons. The van der Waals surface area contributed by atoms with Crippen molar-refractivity contribution in [2.45, 2.75) is 31.7 Å². The van der Waals surface area contributed by atoms with Gasteiger partial charge in [0.15, 0.2) is 0 Å². The van der Waals surface area contributed by atoms with Gasteiger partial charge in [-0.15, -0.1) is 0 Å². The second-order valence-electron chi connectivity index (χ2n) is 6.07. The summed E-state index contributed by atoms with van der Waals surface area (Å²) in [6.07, 6.45) is 4.67. The lowest BCUT2D eigenvalue weighted by Crippen LogP contribution is -2.47. The van der Waals surface area contributed by atoms with Crippen molar-refractivity contribution in [1.82, 2.24) is 10.2 Å². The van der Waals surface area contributed by atoms with E-state index in [1.807, 2.05) is 0 Å². The lowest BCUT2D eigenvalue weighted by atomic mass is 9.88. The first-order valence-electron chi connectivity index (χ1n) is 7.80. The van der Waals surface area contributed by atoms with Crippen LogP contribution in [0, 0.1) is 11.7 Å². The van der Waals surface area contributed by atoms with Crippen molar-refractivity contribution < 1.29 is 9.50 Å². The second kappa shape index (κ2) is 6.63. The first kappa shape index (κ1) is 15.3. The average molecular weight is 357 g/mol. The zero-order valence-electron chi connectivity index (χ0n) is 12.1. The molecule has 5 heteroatoms. The third-order valence-corrected chi connectivity index (χ3v) is 5.44. The first-order chi connectivity index (χ1) is 10.2. The van der Waals surface area contributed by atoms with Crippen molar-refractivity contribution in [2.75, 3.05) is 26.2 Å². The maximum absolute atomic E-state index is 14.5. The molecule has 3 nitrogen and oxygen atoms in total. The monoisotopic (exact) mass is 356 g/mol. The van der Waals surface area contributed by atoms with Crippen molar-refractivity contribution >= 4 is 15.9 Å². The van der Waals surface area contributed by atoms with Crippen molar-refractivity contribution in [3.05, 3.63) is 28.0 Å². The molecule has 1 aromatic rings. The third-order valence-electron chi connectivity index (χ3n) is 4.80. The van der Waals surface area contributed by atoms with E-state index in [2.05, 4.69) is 26.1 Å². The Kier molecular flexibility index (Phi) is 4.82. The van der Waals surface area contributed by atoms with Crippen LogP contribution >= 0.6 is 15.9 Å². The Hall–Kier alpha value is -0.650. The van der Waals surface area contributed by atoms with Crippen LogP contribution in [0.1, 0.15) is 37.3 Å². The summed E-state index contributed by atoms with van der Waals surface area (Å²) in [7, 11) is 0. The average Bonchev–Trinajstić information content (AvgIpc) is 3.02. The maximum atomic E-state index is 14.5. The number of piperazine rings is 1. The van der Waals surface area contributed by atoms with Crippen LogP contribution in [0.5, 0.6) is 5.75 Å². The Morgan fingerprint density at radius 2 is 1.90 bits per heavy atom. The zero-order valence-corrected chi connectivity index (χ0v) is 13.7. The molecule has 3 rings (SSSR count). The maximum Gasteiger partial charge on any atom is 0.137 e. The molecule has 0 unspecified atom stereocenters. The molecule has 1 saturated heterocycles. The van der Waals surface area contributed by atoms with Crippen LogP contribution in [0.25, 0.3) is 0 Å². The number of rotatable bonds is 3. The van der Waals surface area contributed by atoms with Gasteiger partial charge in [0.05, 0.1) is 4.47 Å². The molecule has 2 fully saturated rings. The van der Waals surface area contributed by atoms with Gasteiger partial charge in [0.25, 0.3) is 0 Å². The molecule has 0 amide bonds. The number of phenols is 1. The molecule has 1 aliphatic heterocycles. The van der Waals surface area contributed by atoms with E-state index in [1.54, 1.807) is 6.07 Å². The van der Waals surface area contributed by atoms with Crippen LogP contribution in [0.15, 0.2) is 16.6 Å². The van der Waals surface area contributed by atoms with Gasteiger partial charge < -0.3 is 10.4 Å². The lowest BCUT2D eigenvalue weighted by Gasteiger charge is -2.39. The minimum Gasteiger partial charge on any atom is -0.506 e. The number of hydrogen-bond donors (Lipinski definition) is 2. The Morgan fingerprint density at radius 1 is 1.24 bits per heavy atom. The summed E-state index contributed by atoms with van der Waals surface area (Å²) < 4.78 is 15.0. The van der Waals surface area contributed by atoms with Crippen LogP contribution in [-0.4, -0.2) is 36.2 Å². The van der Waals surface area contributed by atoms with Gasteiger partial charge in [-0.2, -0.15) is 0 Å². The molecule has 116 valence electrons. The van der Waals surface area contributed by atoms with Crippen LogP contribution < -0.4 is 5.32 Å². The molecule has 2 aliphatic rings. The minimum absolute atomic E-state index is 0.00731. The van der Waals surface area contributed by atoms with Gasteiger partial charge in [0, 0.05) is 37.8 Å². The molecule has 0 bridgehead atoms. The molecule has 0 spiro atoms. The highest BCUT2D eigenvalue weighted by Crippen LogP contribution is 2.45. The summed E-state index contributed by atoms with van der Waals surface area (Å²) in [5.41, 5.74) is 0.484. The SMILES string of the molecule is Oc1c(Br)ccc(F)c1[C@H](C1CCCC1)N1CCNCC1. The summed E-state index contributed by atoms with van der Waals surface area (Å²) in [6, 6.07) is 3.04. The molecule has 1 atom stereocenters. The normalized spacial score (nSPS) is 22.6. The van der Waals surface area contributed by atoms with Crippen LogP contribution in [0.3, 0.4) is 0 Å². The molecule has 0 aromatic heterocycles. The van der Waals surface area contributed by atoms with E-state index in [1.165, 1.54) is 18.9 Å². The van der Waals surface area contributed by atoms with E-state index in [0.29, 0.717) is 16.0 Å². The number of nitrogens with zero attached hydrogens (tertiary/aromatic N) is 1. The van der Waals surface area contributed by atoms with Crippen molar-refractivity contribution in [3.63, 3.8) is 0 Å². The number of nitrogens with one attached hydrogen (secondary N) is 1. The smallest absolute Gasteiger partial charge is 0.137 e. The van der Waals surface area contributed by atoms with Crippen molar-refractivity contribution in [3.8, 4) is 5.75 Å². The fourth-order valence-electron chi connectivity index (χ4n) is 3.79. The first-order valence-corrected chi connectivity index (χ1v) is 8.59. The number of phenolic OH excluding ortho intramolecular Hbond substituents is 1. The van der Waals surface area contributed by atoms with E-state index in [9.17, 15) is 9.50 Å². The third kappa shape index (κ3) is 3.10. The van der Waals surface area contributed by atoms with Crippen LogP contribution in [-0.2, 0) is 0 Å². The van der Waals surface area contributed by atoms with E-state index >= 15 is 0 Å². The molecule has 1 aromatic carbocycles. The van der Waals surface area contributed by atoms with E-state index in [-0.39, 0.29) is 17.6 Å². The topological polar surface area (TPSA) is 35.5 Å². The van der Waals surface area contributed by atoms with E-state index in [0.717, 1.165) is 39.0 Å². The Bertz CT molecular complexity index is 499. The minimum atomic E-state index is -0.286. The van der Waals surface area contributed by atoms with Crippen molar-refractivity contribution in [1.29, 1.82) is 0 Å². The van der Waals surface area contributed by atoms with E-state index in [4.69, 9.17) is 0 Å². The summed E-state index contributed by atoms with van der Waals surface area (Å²) in [6.45, 7) is 3.68. The van der Waals surface area contributed by atoms with Crippen LogP contribution in [0.4, 0.5) is 4.39 Å². The molecule has 1 aliphatic carbocycles. The summed E-state index contributed by atoms with van der Waals surface area (Å²) >= 11 is 3.33.